The Morgan fingerprint density at radius 3 is 2.73 bits per heavy atom. The van der Waals surface area contributed by atoms with Crippen LogP contribution in [0.2, 0.25) is 5.02 Å². The Morgan fingerprint density at radius 1 is 1.30 bits per heavy atom. The fourth-order valence-corrected chi connectivity index (χ4v) is 4.15. The monoisotopic (exact) mass is 430 g/mol. The van der Waals surface area contributed by atoms with Crippen molar-refractivity contribution < 1.29 is 19.1 Å². The number of benzene rings is 2. The number of halogens is 1. The lowest BCUT2D eigenvalue weighted by Gasteiger charge is -2.34. The molecule has 160 valence electrons. The second kappa shape index (κ2) is 9.49. The van der Waals surface area contributed by atoms with E-state index in [0.717, 1.165) is 28.8 Å². The quantitative estimate of drug-likeness (QED) is 0.565. The van der Waals surface area contributed by atoms with Crippen LogP contribution in [0.4, 0.5) is 10.5 Å². The molecule has 2 aromatic rings. The fourth-order valence-electron chi connectivity index (χ4n) is 3.82. The van der Waals surface area contributed by atoms with Crippen LogP contribution in [0.5, 0.6) is 5.75 Å². The molecule has 0 aromatic heterocycles. The first kappa shape index (κ1) is 22.1. The summed E-state index contributed by atoms with van der Waals surface area (Å²) in [6.07, 6.45) is 0.448. The summed E-state index contributed by atoms with van der Waals surface area (Å²) < 4.78 is 9.90. The lowest BCUT2D eigenvalue weighted by Crippen LogP contribution is -2.48. The highest BCUT2D eigenvalue weighted by Gasteiger charge is 2.30. The van der Waals surface area contributed by atoms with Gasteiger partial charge < -0.3 is 20.1 Å². The van der Waals surface area contributed by atoms with E-state index in [1.807, 2.05) is 25.1 Å². The first-order valence-electron chi connectivity index (χ1n) is 10.1. The molecule has 30 heavy (non-hydrogen) atoms. The third-order valence-electron chi connectivity index (χ3n) is 5.21. The van der Waals surface area contributed by atoms with E-state index >= 15 is 0 Å². The van der Waals surface area contributed by atoms with E-state index in [4.69, 9.17) is 26.8 Å². The number of carbonyl (C=O) groups excluding carboxylic acids is 2. The highest BCUT2D eigenvalue weighted by atomic mass is 35.5. The van der Waals surface area contributed by atoms with Crippen LogP contribution in [0.15, 0.2) is 36.4 Å². The lowest BCUT2D eigenvalue weighted by atomic mass is 9.92. The molecular formula is C23H27ClN2O4. The fraction of sp³-hybridized carbons (Fsp3) is 0.391. The SMILES string of the molecule is CCOC(=O)Oc1cc(C)c(CC(N)C(=O)N2CC(C)Cc3ccccc32)c(Cl)c1. The molecule has 6 nitrogen and oxygen atoms in total. The minimum atomic E-state index is -0.787. The smallest absolute Gasteiger partial charge is 0.434 e. The molecule has 0 fully saturated rings. The molecule has 2 aromatic carbocycles. The molecule has 1 heterocycles. The Bertz CT molecular complexity index is 924. The van der Waals surface area contributed by atoms with Gasteiger partial charge in [0, 0.05) is 17.3 Å². The number of carbonyl (C=O) groups is 2. The highest BCUT2D eigenvalue weighted by Crippen LogP contribution is 2.31. The molecule has 0 saturated heterocycles. The topological polar surface area (TPSA) is 81.9 Å². The van der Waals surface area contributed by atoms with Gasteiger partial charge in [0.25, 0.3) is 0 Å². The van der Waals surface area contributed by atoms with Crippen molar-refractivity contribution in [2.45, 2.75) is 39.7 Å². The van der Waals surface area contributed by atoms with Crippen molar-refractivity contribution in [3.05, 3.63) is 58.1 Å². The Labute approximate surface area is 181 Å². The second-order valence-electron chi connectivity index (χ2n) is 7.68. The molecule has 7 heteroatoms. The summed E-state index contributed by atoms with van der Waals surface area (Å²) in [6.45, 7) is 6.53. The van der Waals surface area contributed by atoms with E-state index in [1.54, 1.807) is 17.9 Å². The van der Waals surface area contributed by atoms with E-state index in [0.29, 0.717) is 23.2 Å². The standard InChI is InChI=1S/C23H27ClN2O4/c1-4-29-23(28)30-17-10-15(3)18(19(24)11-17)12-20(25)22(27)26-13-14(2)9-16-7-5-6-8-21(16)26/h5-8,10-11,14,20H,4,9,12-13,25H2,1-3H3. The van der Waals surface area contributed by atoms with Crippen molar-refractivity contribution in [1.29, 1.82) is 0 Å². The van der Waals surface area contributed by atoms with Crippen LogP contribution in [0, 0.1) is 12.8 Å². The normalized spacial score (nSPS) is 16.6. The van der Waals surface area contributed by atoms with Gasteiger partial charge in [0.05, 0.1) is 12.6 Å². The summed E-state index contributed by atoms with van der Waals surface area (Å²) in [7, 11) is 0. The van der Waals surface area contributed by atoms with Gasteiger partial charge in [0.15, 0.2) is 0 Å². The molecule has 0 saturated carbocycles. The molecule has 1 aliphatic heterocycles. The maximum Gasteiger partial charge on any atom is 0.513 e. The maximum atomic E-state index is 13.2. The average molecular weight is 431 g/mol. The molecule has 0 aliphatic carbocycles. The van der Waals surface area contributed by atoms with Crippen LogP contribution in [0.25, 0.3) is 0 Å². The zero-order valence-corrected chi connectivity index (χ0v) is 18.2. The van der Waals surface area contributed by atoms with E-state index in [2.05, 4.69) is 13.0 Å². The number of nitrogens with two attached hydrogens (primary N) is 1. The Balaban J connectivity index is 1.77. The lowest BCUT2D eigenvalue weighted by molar-refractivity contribution is -0.120. The Kier molecular flexibility index (Phi) is 7.00. The van der Waals surface area contributed by atoms with Crippen molar-refractivity contribution in [3.8, 4) is 5.75 Å². The van der Waals surface area contributed by atoms with Crippen LogP contribution in [0.1, 0.15) is 30.5 Å². The Hall–Kier alpha value is -2.57. The summed E-state index contributed by atoms with van der Waals surface area (Å²) in [4.78, 5) is 26.5. The summed E-state index contributed by atoms with van der Waals surface area (Å²) in [5, 5.41) is 0.393. The summed E-state index contributed by atoms with van der Waals surface area (Å²) >= 11 is 6.42. The number of rotatable bonds is 5. The minimum absolute atomic E-state index is 0.128. The zero-order valence-electron chi connectivity index (χ0n) is 17.5. The van der Waals surface area contributed by atoms with Crippen LogP contribution in [-0.4, -0.2) is 31.3 Å². The number of nitrogens with zero attached hydrogens (tertiary/aromatic N) is 1. The predicted molar refractivity (Wildman–Crippen MR) is 117 cm³/mol. The Morgan fingerprint density at radius 2 is 2.03 bits per heavy atom. The second-order valence-corrected chi connectivity index (χ2v) is 8.09. The molecule has 3 rings (SSSR count). The van der Waals surface area contributed by atoms with Crippen molar-refractivity contribution in [2.24, 2.45) is 11.7 Å². The first-order valence-corrected chi connectivity index (χ1v) is 10.5. The van der Waals surface area contributed by atoms with Gasteiger partial charge in [-0.2, -0.15) is 0 Å². The predicted octanol–water partition coefficient (Wildman–Crippen LogP) is 4.28. The van der Waals surface area contributed by atoms with Gasteiger partial charge in [-0.05, 0) is 67.5 Å². The maximum absolute atomic E-state index is 13.2. The summed E-state index contributed by atoms with van der Waals surface area (Å²) in [5.41, 5.74) is 9.96. The van der Waals surface area contributed by atoms with Crippen molar-refractivity contribution in [1.82, 2.24) is 0 Å². The molecule has 0 spiro atoms. The van der Waals surface area contributed by atoms with E-state index in [9.17, 15) is 9.59 Å². The molecule has 2 unspecified atom stereocenters. The van der Waals surface area contributed by atoms with E-state index in [-0.39, 0.29) is 18.9 Å². The van der Waals surface area contributed by atoms with E-state index in [1.165, 1.54) is 6.07 Å². The van der Waals surface area contributed by atoms with Crippen molar-refractivity contribution in [2.75, 3.05) is 18.1 Å². The van der Waals surface area contributed by atoms with Crippen LogP contribution >= 0.6 is 11.6 Å². The summed E-state index contributed by atoms with van der Waals surface area (Å²) in [6, 6.07) is 10.4. The van der Waals surface area contributed by atoms with Crippen molar-refractivity contribution >= 4 is 29.4 Å². The highest BCUT2D eigenvalue weighted by molar-refractivity contribution is 6.31. The molecule has 1 aliphatic rings. The van der Waals surface area contributed by atoms with Gasteiger partial charge >= 0.3 is 6.16 Å². The number of ether oxygens (including phenoxy) is 2. The molecule has 0 bridgehead atoms. The third kappa shape index (κ3) is 4.94. The van der Waals surface area contributed by atoms with Crippen LogP contribution in [-0.2, 0) is 22.4 Å². The number of para-hydroxylation sites is 1. The molecule has 0 radical (unpaired) electrons. The minimum Gasteiger partial charge on any atom is -0.434 e. The number of anilines is 1. The van der Waals surface area contributed by atoms with Crippen LogP contribution < -0.4 is 15.4 Å². The van der Waals surface area contributed by atoms with Gasteiger partial charge in [-0.15, -0.1) is 0 Å². The number of hydrogen-bond acceptors (Lipinski definition) is 5. The van der Waals surface area contributed by atoms with E-state index < -0.39 is 12.2 Å². The number of fused-ring (bicyclic) bond motifs is 1. The summed E-state index contributed by atoms with van der Waals surface area (Å²) in [5.74, 6) is 0.524. The van der Waals surface area contributed by atoms with Gasteiger partial charge in [0.1, 0.15) is 5.75 Å². The van der Waals surface area contributed by atoms with Gasteiger partial charge in [-0.25, -0.2) is 4.79 Å². The number of amides is 1. The molecule has 2 atom stereocenters. The third-order valence-corrected chi connectivity index (χ3v) is 5.54. The van der Waals surface area contributed by atoms with Gasteiger partial charge in [-0.3, -0.25) is 4.79 Å². The number of hydrogen-bond donors (Lipinski definition) is 1. The molecule has 2 N–H and O–H groups in total. The van der Waals surface area contributed by atoms with Crippen LogP contribution in [0.3, 0.4) is 0 Å². The van der Waals surface area contributed by atoms with Crippen molar-refractivity contribution in [3.63, 3.8) is 0 Å². The molecule has 1 amide bonds. The van der Waals surface area contributed by atoms with Gasteiger partial charge in [0.2, 0.25) is 5.91 Å². The largest absolute Gasteiger partial charge is 0.513 e. The first-order chi connectivity index (χ1) is 14.3. The molecular weight excluding hydrogens is 404 g/mol. The zero-order chi connectivity index (χ0) is 21.8. The number of aryl methyl sites for hydroxylation is 1. The van der Waals surface area contributed by atoms with Gasteiger partial charge in [-0.1, -0.05) is 36.7 Å². The average Bonchev–Trinajstić information content (AvgIpc) is 2.69.